The first-order valence-electron chi connectivity index (χ1n) is 6.46. The van der Waals surface area contributed by atoms with Gasteiger partial charge < -0.3 is 4.57 Å². The monoisotopic (exact) mass is 265 g/mol. The van der Waals surface area contributed by atoms with Crippen LogP contribution in [0.2, 0.25) is 0 Å². The molecule has 0 aliphatic heterocycles. The summed E-state index contributed by atoms with van der Waals surface area (Å²) in [4.78, 5) is 20.3. The van der Waals surface area contributed by atoms with Crippen molar-refractivity contribution < 1.29 is 4.79 Å². The number of nitrogens with zero attached hydrogens (tertiary/aromatic N) is 3. The lowest BCUT2D eigenvalue weighted by Gasteiger charge is -2.08. The third-order valence-electron chi connectivity index (χ3n) is 3.48. The lowest BCUT2D eigenvalue weighted by Crippen LogP contribution is -1.97. The molecule has 0 aliphatic rings. The van der Waals surface area contributed by atoms with E-state index in [1.54, 1.807) is 6.20 Å². The van der Waals surface area contributed by atoms with Crippen molar-refractivity contribution in [3.05, 3.63) is 47.4 Å². The van der Waals surface area contributed by atoms with Gasteiger partial charge >= 0.3 is 0 Å². The summed E-state index contributed by atoms with van der Waals surface area (Å²) in [7, 11) is 1.89. The van der Waals surface area contributed by atoms with Gasteiger partial charge in [-0.15, -0.1) is 0 Å². The van der Waals surface area contributed by atoms with Gasteiger partial charge in [0.15, 0.2) is 6.29 Å². The smallest absolute Gasteiger partial charge is 0.152 e. The summed E-state index contributed by atoms with van der Waals surface area (Å²) >= 11 is 0. The molecule has 0 amide bonds. The molecule has 0 unspecified atom stereocenters. The molecule has 0 spiro atoms. The van der Waals surface area contributed by atoms with E-state index in [0.29, 0.717) is 11.4 Å². The molecular formula is C16H15N3O. The molecule has 0 radical (unpaired) electrons. The highest BCUT2D eigenvalue weighted by atomic mass is 16.1. The van der Waals surface area contributed by atoms with Crippen molar-refractivity contribution >= 4 is 17.3 Å². The van der Waals surface area contributed by atoms with Gasteiger partial charge in [0, 0.05) is 24.4 Å². The minimum Gasteiger partial charge on any atom is -0.335 e. The molecule has 20 heavy (non-hydrogen) atoms. The molecule has 3 aromatic rings. The number of aldehydes is 1. The maximum Gasteiger partial charge on any atom is 0.152 e. The highest BCUT2D eigenvalue weighted by Crippen LogP contribution is 2.31. The van der Waals surface area contributed by atoms with Crippen molar-refractivity contribution in [3.8, 4) is 11.3 Å². The lowest BCUT2D eigenvalue weighted by molar-refractivity contribution is 0.112. The summed E-state index contributed by atoms with van der Waals surface area (Å²) in [5.41, 5.74) is 4.41. The van der Waals surface area contributed by atoms with E-state index in [0.717, 1.165) is 34.1 Å². The fourth-order valence-electron chi connectivity index (χ4n) is 2.54. The van der Waals surface area contributed by atoms with Crippen LogP contribution in [-0.4, -0.2) is 20.8 Å². The van der Waals surface area contributed by atoms with Crippen LogP contribution in [0.1, 0.15) is 21.7 Å². The minimum absolute atomic E-state index is 0.626. The number of fused-ring (bicyclic) bond motifs is 1. The second-order valence-electron chi connectivity index (χ2n) is 4.95. The first-order valence-corrected chi connectivity index (χ1v) is 6.46. The lowest BCUT2D eigenvalue weighted by atomic mass is 10.0. The van der Waals surface area contributed by atoms with Crippen LogP contribution in [0.5, 0.6) is 0 Å². The predicted octanol–water partition coefficient (Wildman–Crippen LogP) is 3.06. The van der Waals surface area contributed by atoms with E-state index < -0.39 is 0 Å². The quantitative estimate of drug-likeness (QED) is 0.669. The van der Waals surface area contributed by atoms with E-state index in [1.807, 2.05) is 49.7 Å². The zero-order valence-electron chi connectivity index (χ0n) is 11.7. The number of aryl methyl sites for hydroxylation is 3. The second-order valence-corrected chi connectivity index (χ2v) is 4.95. The third kappa shape index (κ3) is 1.81. The van der Waals surface area contributed by atoms with Gasteiger partial charge in [0.25, 0.3) is 0 Å². The van der Waals surface area contributed by atoms with Crippen molar-refractivity contribution in [1.29, 1.82) is 0 Å². The van der Waals surface area contributed by atoms with Gasteiger partial charge in [-0.1, -0.05) is 24.3 Å². The highest BCUT2D eigenvalue weighted by molar-refractivity contribution is 6.03. The van der Waals surface area contributed by atoms with Gasteiger partial charge in [0.2, 0.25) is 0 Å². The van der Waals surface area contributed by atoms with Gasteiger partial charge in [-0.05, 0) is 19.4 Å². The molecule has 0 saturated heterocycles. The van der Waals surface area contributed by atoms with Crippen LogP contribution >= 0.6 is 0 Å². The number of carbonyl (C=O) groups is 1. The Balaban J connectivity index is 2.46. The molecule has 4 heteroatoms. The van der Waals surface area contributed by atoms with Crippen LogP contribution in [0.3, 0.4) is 0 Å². The standard InChI is InChI=1S/C16H15N3O/c1-10-6-4-5-7-13(10)15-14-12(9-20)8-19(3)16(14)18-11(2)17-15/h4-9H,1-3H3. The Morgan fingerprint density at radius 2 is 1.90 bits per heavy atom. The van der Waals surface area contributed by atoms with Crippen LogP contribution in [0.15, 0.2) is 30.5 Å². The Labute approximate surface area is 117 Å². The van der Waals surface area contributed by atoms with Gasteiger partial charge in [-0.25, -0.2) is 9.97 Å². The minimum atomic E-state index is 0.626. The molecule has 4 nitrogen and oxygen atoms in total. The van der Waals surface area contributed by atoms with Crippen molar-refractivity contribution in [2.75, 3.05) is 0 Å². The molecule has 0 fully saturated rings. The largest absolute Gasteiger partial charge is 0.335 e. The fraction of sp³-hybridized carbons (Fsp3) is 0.188. The second kappa shape index (κ2) is 4.56. The summed E-state index contributed by atoms with van der Waals surface area (Å²) in [6, 6.07) is 8.05. The van der Waals surface area contributed by atoms with Gasteiger partial charge in [0.05, 0.1) is 11.1 Å². The normalized spacial score (nSPS) is 10.9. The molecule has 1 aromatic carbocycles. The molecule has 2 heterocycles. The van der Waals surface area contributed by atoms with Gasteiger partial charge in [-0.2, -0.15) is 0 Å². The number of carbonyl (C=O) groups excluding carboxylic acids is 1. The summed E-state index contributed by atoms with van der Waals surface area (Å²) in [6.45, 7) is 3.91. The average Bonchev–Trinajstić information content (AvgIpc) is 2.75. The van der Waals surface area contributed by atoms with Gasteiger partial charge in [0.1, 0.15) is 11.5 Å². The maximum atomic E-state index is 11.3. The topological polar surface area (TPSA) is 47.8 Å². The van der Waals surface area contributed by atoms with Crippen LogP contribution in [0, 0.1) is 13.8 Å². The molecule has 0 N–H and O–H groups in total. The van der Waals surface area contributed by atoms with E-state index in [-0.39, 0.29) is 0 Å². The Hall–Kier alpha value is -2.49. The summed E-state index contributed by atoms with van der Waals surface area (Å²) < 4.78 is 1.87. The van der Waals surface area contributed by atoms with E-state index in [1.165, 1.54) is 0 Å². The first kappa shape index (κ1) is 12.5. The van der Waals surface area contributed by atoms with Crippen molar-refractivity contribution in [2.24, 2.45) is 7.05 Å². The zero-order chi connectivity index (χ0) is 14.3. The molecular weight excluding hydrogens is 250 g/mol. The average molecular weight is 265 g/mol. The van der Waals surface area contributed by atoms with E-state index >= 15 is 0 Å². The molecule has 2 aromatic heterocycles. The maximum absolute atomic E-state index is 11.3. The third-order valence-corrected chi connectivity index (χ3v) is 3.48. The number of hydrogen-bond acceptors (Lipinski definition) is 3. The van der Waals surface area contributed by atoms with E-state index in [4.69, 9.17) is 0 Å². The van der Waals surface area contributed by atoms with Crippen molar-refractivity contribution in [3.63, 3.8) is 0 Å². The predicted molar refractivity (Wildman–Crippen MR) is 78.8 cm³/mol. The number of benzene rings is 1. The van der Waals surface area contributed by atoms with Crippen LogP contribution in [0.4, 0.5) is 0 Å². The summed E-state index contributed by atoms with van der Waals surface area (Å²) in [5.74, 6) is 0.703. The number of aromatic nitrogens is 3. The Morgan fingerprint density at radius 3 is 2.60 bits per heavy atom. The molecule has 100 valence electrons. The van der Waals surface area contributed by atoms with Gasteiger partial charge in [-0.3, -0.25) is 4.79 Å². The first-order chi connectivity index (χ1) is 9.61. The van der Waals surface area contributed by atoms with Crippen LogP contribution in [0.25, 0.3) is 22.3 Å². The molecule has 0 aliphatic carbocycles. The molecule has 0 saturated carbocycles. The zero-order valence-corrected chi connectivity index (χ0v) is 11.7. The Kier molecular flexibility index (Phi) is 2.86. The van der Waals surface area contributed by atoms with E-state index in [9.17, 15) is 4.79 Å². The Bertz CT molecular complexity index is 818. The highest BCUT2D eigenvalue weighted by Gasteiger charge is 2.16. The summed E-state index contributed by atoms with van der Waals surface area (Å²) in [6.07, 6.45) is 2.66. The van der Waals surface area contributed by atoms with E-state index in [2.05, 4.69) is 9.97 Å². The van der Waals surface area contributed by atoms with Crippen LogP contribution in [-0.2, 0) is 7.05 Å². The molecule has 0 atom stereocenters. The summed E-state index contributed by atoms with van der Waals surface area (Å²) in [5, 5.41) is 0.822. The van der Waals surface area contributed by atoms with Crippen LogP contribution < -0.4 is 0 Å². The fourth-order valence-corrected chi connectivity index (χ4v) is 2.54. The molecule has 0 bridgehead atoms. The Morgan fingerprint density at radius 1 is 1.15 bits per heavy atom. The number of rotatable bonds is 2. The van der Waals surface area contributed by atoms with Crippen molar-refractivity contribution in [1.82, 2.24) is 14.5 Å². The SMILES string of the molecule is Cc1nc(-c2ccccc2C)c2c(C=O)cn(C)c2n1. The van der Waals surface area contributed by atoms with Crippen molar-refractivity contribution in [2.45, 2.75) is 13.8 Å². The number of hydrogen-bond donors (Lipinski definition) is 0. The molecule has 3 rings (SSSR count).